The molecule has 0 saturated heterocycles. The van der Waals surface area contributed by atoms with Crippen LogP contribution in [0, 0.1) is 6.92 Å². The van der Waals surface area contributed by atoms with Gasteiger partial charge in [-0.05, 0) is 18.9 Å². The zero-order valence-electron chi connectivity index (χ0n) is 14.4. The molecule has 0 aliphatic carbocycles. The number of carboxylic acids is 1. The van der Waals surface area contributed by atoms with E-state index in [0.717, 1.165) is 28.1 Å². The van der Waals surface area contributed by atoms with Crippen LogP contribution in [0.15, 0.2) is 30.3 Å². The number of aliphatic carboxylic acids is 1. The average molecular weight is 339 g/mol. The molecule has 7 nitrogen and oxygen atoms in total. The van der Waals surface area contributed by atoms with Gasteiger partial charge in [0.15, 0.2) is 5.82 Å². The van der Waals surface area contributed by atoms with Gasteiger partial charge in [-0.15, -0.1) is 0 Å². The number of hydrogen-bond acceptors (Lipinski definition) is 5. The van der Waals surface area contributed by atoms with E-state index in [1.54, 1.807) is 4.68 Å². The summed E-state index contributed by atoms with van der Waals surface area (Å²) in [5.41, 5.74) is 3.65. The Bertz CT molecular complexity index is 889. The summed E-state index contributed by atoms with van der Waals surface area (Å²) in [5.74, 6) is 0.559. The molecule has 0 aliphatic rings. The first-order valence-electron chi connectivity index (χ1n) is 8.24. The number of aromatic nitrogens is 4. The van der Waals surface area contributed by atoms with Gasteiger partial charge in [0.2, 0.25) is 0 Å². The van der Waals surface area contributed by atoms with Crippen molar-refractivity contribution in [1.82, 2.24) is 19.7 Å². The van der Waals surface area contributed by atoms with Crippen molar-refractivity contribution in [3.63, 3.8) is 0 Å². The molecule has 0 fully saturated rings. The Balaban J connectivity index is 1.89. The number of anilines is 1. The monoisotopic (exact) mass is 339 g/mol. The van der Waals surface area contributed by atoms with Crippen LogP contribution in [0.4, 0.5) is 5.82 Å². The number of hydrogen-bond donors (Lipinski definition) is 2. The second kappa shape index (κ2) is 7.29. The minimum absolute atomic E-state index is 0.111. The van der Waals surface area contributed by atoms with Crippen LogP contribution in [0.2, 0.25) is 0 Å². The van der Waals surface area contributed by atoms with Crippen LogP contribution in [0.3, 0.4) is 0 Å². The number of nitrogens with zero attached hydrogens (tertiary/aromatic N) is 4. The van der Waals surface area contributed by atoms with Gasteiger partial charge in [-0.2, -0.15) is 5.10 Å². The molecule has 0 aliphatic heterocycles. The highest BCUT2D eigenvalue weighted by molar-refractivity contribution is 5.87. The minimum atomic E-state index is -0.805. The van der Waals surface area contributed by atoms with Gasteiger partial charge < -0.3 is 10.4 Å². The van der Waals surface area contributed by atoms with Crippen LogP contribution < -0.4 is 5.32 Å². The Morgan fingerprint density at radius 2 is 2.00 bits per heavy atom. The maximum absolute atomic E-state index is 10.7. The lowest BCUT2D eigenvalue weighted by atomic mass is 10.2. The van der Waals surface area contributed by atoms with Gasteiger partial charge in [0.25, 0.3) is 0 Å². The minimum Gasteiger partial charge on any atom is -0.481 e. The van der Waals surface area contributed by atoms with Gasteiger partial charge in [0.1, 0.15) is 16.9 Å². The van der Waals surface area contributed by atoms with Crippen LogP contribution in [-0.2, 0) is 24.8 Å². The van der Waals surface area contributed by atoms with E-state index in [1.165, 1.54) is 0 Å². The smallest absolute Gasteiger partial charge is 0.303 e. The molecule has 7 heteroatoms. The topological polar surface area (TPSA) is 92.9 Å². The van der Waals surface area contributed by atoms with Crippen LogP contribution in [0.5, 0.6) is 0 Å². The van der Waals surface area contributed by atoms with E-state index in [-0.39, 0.29) is 6.42 Å². The standard InChI is InChI=1S/C18H21N5O2/c1-12-16-17(23(2)22-12)18(19-11-13-7-4-3-5-8-13)21-14(20-16)9-6-10-15(24)25/h3-5,7-8H,6,9-11H2,1-2H3,(H,24,25)(H,19,20,21). The molecule has 0 atom stereocenters. The lowest BCUT2D eigenvalue weighted by Gasteiger charge is -2.10. The van der Waals surface area contributed by atoms with E-state index < -0.39 is 5.97 Å². The number of benzene rings is 1. The molecule has 130 valence electrons. The van der Waals surface area contributed by atoms with Gasteiger partial charge in [-0.1, -0.05) is 30.3 Å². The van der Waals surface area contributed by atoms with Crippen LogP contribution in [-0.4, -0.2) is 30.8 Å². The van der Waals surface area contributed by atoms with Crippen molar-refractivity contribution < 1.29 is 9.90 Å². The van der Waals surface area contributed by atoms with E-state index >= 15 is 0 Å². The van der Waals surface area contributed by atoms with Gasteiger partial charge in [0.05, 0.1) is 5.69 Å². The summed E-state index contributed by atoms with van der Waals surface area (Å²) in [4.78, 5) is 19.9. The molecule has 3 aromatic rings. The predicted octanol–water partition coefficient (Wildman–Crippen LogP) is 2.69. The van der Waals surface area contributed by atoms with E-state index in [9.17, 15) is 4.79 Å². The number of fused-ring (bicyclic) bond motifs is 1. The van der Waals surface area contributed by atoms with Gasteiger partial charge in [-0.25, -0.2) is 9.97 Å². The molecule has 2 N–H and O–H groups in total. The summed E-state index contributed by atoms with van der Waals surface area (Å²) >= 11 is 0. The Morgan fingerprint density at radius 1 is 1.24 bits per heavy atom. The Labute approximate surface area is 145 Å². The first-order chi connectivity index (χ1) is 12.0. The van der Waals surface area contributed by atoms with Gasteiger partial charge in [-0.3, -0.25) is 9.48 Å². The van der Waals surface area contributed by atoms with E-state index in [1.807, 2.05) is 44.3 Å². The molecule has 0 bridgehead atoms. The third-order valence-electron chi connectivity index (χ3n) is 3.99. The van der Waals surface area contributed by atoms with E-state index in [0.29, 0.717) is 25.2 Å². The van der Waals surface area contributed by atoms with Gasteiger partial charge in [0, 0.05) is 26.4 Å². The van der Waals surface area contributed by atoms with Crippen molar-refractivity contribution in [2.24, 2.45) is 7.05 Å². The molecule has 3 rings (SSSR count). The first kappa shape index (κ1) is 16.9. The zero-order chi connectivity index (χ0) is 17.8. The molecule has 2 aromatic heterocycles. The molecule has 25 heavy (non-hydrogen) atoms. The molecule has 2 heterocycles. The first-order valence-corrected chi connectivity index (χ1v) is 8.24. The fourth-order valence-corrected chi connectivity index (χ4v) is 2.80. The van der Waals surface area contributed by atoms with E-state index in [4.69, 9.17) is 5.11 Å². The summed E-state index contributed by atoms with van der Waals surface area (Å²) in [5, 5.41) is 16.6. The molecule has 0 radical (unpaired) electrons. The molecule has 0 unspecified atom stereocenters. The largest absolute Gasteiger partial charge is 0.481 e. The average Bonchev–Trinajstić information content (AvgIpc) is 2.88. The Hall–Kier alpha value is -2.96. The maximum Gasteiger partial charge on any atom is 0.303 e. The van der Waals surface area contributed by atoms with Crippen LogP contribution >= 0.6 is 0 Å². The normalized spacial score (nSPS) is 11.0. The Kier molecular flexibility index (Phi) is 4.92. The highest BCUT2D eigenvalue weighted by Gasteiger charge is 2.15. The number of aryl methyl sites for hydroxylation is 3. The van der Waals surface area contributed by atoms with Crippen molar-refractivity contribution >= 4 is 22.8 Å². The van der Waals surface area contributed by atoms with Crippen molar-refractivity contribution in [2.45, 2.75) is 32.7 Å². The second-order valence-electron chi connectivity index (χ2n) is 5.98. The highest BCUT2D eigenvalue weighted by atomic mass is 16.4. The summed E-state index contributed by atoms with van der Waals surface area (Å²) < 4.78 is 1.78. The molecule has 0 spiro atoms. The predicted molar refractivity (Wildman–Crippen MR) is 95.4 cm³/mol. The fraction of sp³-hybridized carbons (Fsp3) is 0.333. The third kappa shape index (κ3) is 3.93. The molecule has 1 aromatic carbocycles. The summed E-state index contributed by atoms with van der Waals surface area (Å²) in [6, 6.07) is 10.1. The van der Waals surface area contributed by atoms with Crippen molar-refractivity contribution in [2.75, 3.05) is 5.32 Å². The highest BCUT2D eigenvalue weighted by Crippen LogP contribution is 2.23. The SMILES string of the molecule is Cc1nn(C)c2c(NCc3ccccc3)nc(CCCC(=O)O)nc12. The maximum atomic E-state index is 10.7. The van der Waals surface area contributed by atoms with Crippen LogP contribution in [0.1, 0.15) is 29.9 Å². The van der Waals surface area contributed by atoms with Crippen molar-refractivity contribution in [3.05, 3.63) is 47.4 Å². The van der Waals surface area contributed by atoms with Crippen molar-refractivity contribution in [1.29, 1.82) is 0 Å². The Morgan fingerprint density at radius 3 is 2.72 bits per heavy atom. The number of rotatable bonds is 7. The summed E-state index contributed by atoms with van der Waals surface area (Å²) in [6.07, 6.45) is 1.15. The third-order valence-corrected chi connectivity index (χ3v) is 3.99. The van der Waals surface area contributed by atoms with Crippen LogP contribution in [0.25, 0.3) is 11.0 Å². The second-order valence-corrected chi connectivity index (χ2v) is 5.98. The number of nitrogens with one attached hydrogen (secondary N) is 1. The van der Waals surface area contributed by atoms with E-state index in [2.05, 4.69) is 20.4 Å². The number of carboxylic acid groups (broad SMARTS) is 1. The lowest BCUT2D eigenvalue weighted by Crippen LogP contribution is -2.08. The lowest BCUT2D eigenvalue weighted by molar-refractivity contribution is -0.137. The summed E-state index contributed by atoms with van der Waals surface area (Å²) in [6.45, 7) is 2.56. The van der Waals surface area contributed by atoms with Gasteiger partial charge >= 0.3 is 5.97 Å². The zero-order valence-corrected chi connectivity index (χ0v) is 14.4. The molecular formula is C18H21N5O2. The molecular weight excluding hydrogens is 318 g/mol. The quantitative estimate of drug-likeness (QED) is 0.687. The molecule has 0 amide bonds. The summed E-state index contributed by atoms with van der Waals surface area (Å²) in [7, 11) is 1.87. The van der Waals surface area contributed by atoms with Crippen molar-refractivity contribution in [3.8, 4) is 0 Å². The fourth-order valence-electron chi connectivity index (χ4n) is 2.80. The number of carbonyl (C=O) groups is 1. The molecule has 0 saturated carbocycles.